The molecule has 0 spiro atoms. The van der Waals surface area contributed by atoms with Gasteiger partial charge >= 0.3 is 0 Å². The van der Waals surface area contributed by atoms with Crippen molar-refractivity contribution >= 4 is 23.3 Å². The van der Waals surface area contributed by atoms with Crippen LogP contribution in [0.2, 0.25) is 5.15 Å². The summed E-state index contributed by atoms with van der Waals surface area (Å²) >= 11 is 5.92. The number of nitrogens with one attached hydrogen (secondary N) is 2. The number of pyridine rings is 1. The number of amides is 1. The number of anilines is 1. The maximum absolute atomic E-state index is 12.2. The predicted molar refractivity (Wildman–Crippen MR) is 86.0 cm³/mol. The molecule has 6 heteroatoms. The van der Waals surface area contributed by atoms with E-state index in [0.717, 1.165) is 13.1 Å². The molecule has 2 rings (SSSR count). The Balaban J connectivity index is 1.90. The molecule has 0 aliphatic carbocycles. The van der Waals surface area contributed by atoms with E-state index in [1.54, 1.807) is 19.2 Å². The normalized spacial score (nSPS) is 17.3. The molecular weight excluding hydrogens is 288 g/mol. The second-order valence-electron chi connectivity index (χ2n) is 5.47. The fraction of sp³-hybridized carbons (Fsp3) is 0.600. The second kappa shape index (κ2) is 7.61. The first-order chi connectivity index (χ1) is 10.1. The van der Waals surface area contributed by atoms with Crippen molar-refractivity contribution in [3.05, 3.63) is 22.8 Å². The highest BCUT2D eigenvalue weighted by atomic mass is 35.5. The molecule has 2 N–H and O–H groups in total. The van der Waals surface area contributed by atoms with Crippen LogP contribution in [0.3, 0.4) is 0 Å². The quantitative estimate of drug-likeness (QED) is 0.820. The molecule has 1 atom stereocenters. The molecule has 1 aliphatic heterocycles. The van der Waals surface area contributed by atoms with Crippen LogP contribution in [0.25, 0.3) is 0 Å². The number of hydrogen-bond acceptors (Lipinski definition) is 4. The Hall–Kier alpha value is -1.33. The minimum Gasteiger partial charge on any atom is -0.373 e. The van der Waals surface area contributed by atoms with E-state index in [1.807, 2.05) is 0 Å². The minimum absolute atomic E-state index is 0.111. The molecule has 1 saturated heterocycles. The van der Waals surface area contributed by atoms with Crippen LogP contribution in [0.5, 0.6) is 0 Å². The Labute approximate surface area is 131 Å². The number of hydrogen-bond donors (Lipinski definition) is 2. The summed E-state index contributed by atoms with van der Waals surface area (Å²) in [6.07, 6.45) is 3.82. The molecule has 1 aliphatic rings. The van der Waals surface area contributed by atoms with Gasteiger partial charge in [0.1, 0.15) is 11.0 Å². The van der Waals surface area contributed by atoms with Crippen LogP contribution in [-0.2, 0) is 0 Å². The number of carbonyl (C=O) groups excluding carboxylic acids is 1. The average molecular weight is 311 g/mol. The monoisotopic (exact) mass is 310 g/mol. The summed E-state index contributed by atoms with van der Waals surface area (Å²) in [5.74, 6) is 0.483. The average Bonchev–Trinajstić information content (AvgIpc) is 2.52. The fourth-order valence-corrected chi connectivity index (χ4v) is 2.80. The van der Waals surface area contributed by atoms with Gasteiger partial charge in [-0.15, -0.1) is 0 Å². The Kier molecular flexibility index (Phi) is 5.82. The third kappa shape index (κ3) is 4.58. The van der Waals surface area contributed by atoms with Crippen LogP contribution in [0.4, 0.5) is 5.82 Å². The molecule has 0 bridgehead atoms. The van der Waals surface area contributed by atoms with Crippen LogP contribution < -0.4 is 10.6 Å². The Morgan fingerprint density at radius 2 is 2.10 bits per heavy atom. The number of piperidine rings is 1. The van der Waals surface area contributed by atoms with E-state index < -0.39 is 0 Å². The number of aromatic nitrogens is 1. The van der Waals surface area contributed by atoms with Crippen molar-refractivity contribution in [2.45, 2.75) is 32.2 Å². The maximum atomic E-state index is 12.2. The van der Waals surface area contributed by atoms with E-state index in [9.17, 15) is 4.79 Å². The smallest absolute Gasteiger partial charge is 0.251 e. The Morgan fingerprint density at radius 1 is 1.38 bits per heavy atom. The summed E-state index contributed by atoms with van der Waals surface area (Å²) in [6, 6.07) is 3.64. The number of halogens is 1. The molecule has 21 heavy (non-hydrogen) atoms. The molecule has 1 unspecified atom stereocenters. The van der Waals surface area contributed by atoms with E-state index in [1.165, 1.54) is 19.3 Å². The third-order valence-corrected chi connectivity index (χ3v) is 4.08. The van der Waals surface area contributed by atoms with Gasteiger partial charge in [0.25, 0.3) is 5.91 Å². The van der Waals surface area contributed by atoms with E-state index in [-0.39, 0.29) is 5.91 Å². The molecule has 1 aromatic heterocycles. The first-order valence-electron chi connectivity index (χ1n) is 7.47. The van der Waals surface area contributed by atoms with Crippen molar-refractivity contribution in [1.82, 2.24) is 15.2 Å². The lowest BCUT2D eigenvalue weighted by atomic mass is 10.1. The number of nitrogens with zero attached hydrogens (tertiary/aromatic N) is 2. The predicted octanol–water partition coefficient (Wildman–Crippen LogP) is 2.38. The van der Waals surface area contributed by atoms with Gasteiger partial charge in [0.2, 0.25) is 0 Å². The van der Waals surface area contributed by atoms with E-state index in [2.05, 4.69) is 27.4 Å². The molecule has 116 valence electrons. The van der Waals surface area contributed by atoms with Crippen molar-refractivity contribution < 1.29 is 4.79 Å². The van der Waals surface area contributed by atoms with Crippen LogP contribution in [-0.4, -0.2) is 48.5 Å². The van der Waals surface area contributed by atoms with Gasteiger partial charge < -0.3 is 10.6 Å². The van der Waals surface area contributed by atoms with Crippen molar-refractivity contribution in [1.29, 1.82) is 0 Å². The topological polar surface area (TPSA) is 57.3 Å². The summed E-state index contributed by atoms with van der Waals surface area (Å²) in [5, 5.41) is 6.19. The van der Waals surface area contributed by atoms with Gasteiger partial charge in [-0.05, 0) is 45.0 Å². The van der Waals surface area contributed by atoms with Gasteiger partial charge in [-0.1, -0.05) is 18.0 Å². The molecule has 0 aromatic carbocycles. The second-order valence-corrected chi connectivity index (χ2v) is 5.86. The largest absolute Gasteiger partial charge is 0.373 e. The Morgan fingerprint density at radius 3 is 2.76 bits per heavy atom. The molecule has 0 radical (unpaired) electrons. The third-order valence-electron chi connectivity index (χ3n) is 3.88. The van der Waals surface area contributed by atoms with Crippen molar-refractivity contribution in [3.63, 3.8) is 0 Å². The summed E-state index contributed by atoms with van der Waals surface area (Å²) < 4.78 is 0. The van der Waals surface area contributed by atoms with Gasteiger partial charge in [-0.25, -0.2) is 4.98 Å². The molecule has 1 aromatic rings. The fourth-order valence-electron chi connectivity index (χ4n) is 2.59. The highest BCUT2D eigenvalue weighted by Gasteiger charge is 2.17. The van der Waals surface area contributed by atoms with Gasteiger partial charge in [0.15, 0.2) is 0 Å². The van der Waals surface area contributed by atoms with Crippen LogP contribution >= 0.6 is 11.6 Å². The van der Waals surface area contributed by atoms with E-state index in [4.69, 9.17) is 11.6 Å². The zero-order valence-corrected chi connectivity index (χ0v) is 13.4. The van der Waals surface area contributed by atoms with Crippen LogP contribution in [0.15, 0.2) is 12.1 Å². The van der Waals surface area contributed by atoms with Crippen LogP contribution in [0.1, 0.15) is 36.5 Å². The highest BCUT2D eigenvalue weighted by molar-refractivity contribution is 6.29. The molecule has 5 nitrogen and oxygen atoms in total. The SMILES string of the molecule is CNc1cc(C(=O)NCC(C)N2CCCCC2)cc(Cl)n1. The van der Waals surface area contributed by atoms with Crippen LogP contribution in [0, 0.1) is 0 Å². The lowest BCUT2D eigenvalue weighted by molar-refractivity contribution is 0.0930. The van der Waals surface area contributed by atoms with Gasteiger partial charge in [-0.2, -0.15) is 0 Å². The molecular formula is C15H23ClN4O. The molecule has 1 amide bonds. The standard InChI is InChI=1S/C15H23ClN4O/c1-11(20-6-4-3-5-7-20)10-18-15(21)12-8-13(16)19-14(9-12)17-2/h8-9,11H,3-7,10H2,1-2H3,(H,17,19)(H,18,21). The lowest BCUT2D eigenvalue weighted by Gasteiger charge is -2.32. The minimum atomic E-state index is -0.111. The molecule has 0 saturated carbocycles. The van der Waals surface area contributed by atoms with Gasteiger partial charge in [0, 0.05) is 25.2 Å². The highest BCUT2D eigenvalue weighted by Crippen LogP contribution is 2.15. The number of rotatable bonds is 5. The molecule has 2 heterocycles. The first kappa shape index (κ1) is 16.0. The maximum Gasteiger partial charge on any atom is 0.251 e. The summed E-state index contributed by atoms with van der Waals surface area (Å²) in [7, 11) is 1.75. The first-order valence-corrected chi connectivity index (χ1v) is 7.85. The lowest BCUT2D eigenvalue weighted by Crippen LogP contribution is -2.44. The van der Waals surface area contributed by atoms with E-state index >= 15 is 0 Å². The number of carbonyl (C=O) groups is 1. The van der Waals surface area contributed by atoms with Crippen molar-refractivity contribution in [3.8, 4) is 0 Å². The van der Waals surface area contributed by atoms with Gasteiger partial charge in [-0.3, -0.25) is 9.69 Å². The zero-order valence-electron chi connectivity index (χ0n) is 12.7. The zero-order chi connectivity index (χ0) is 15.2. The number of likely N-dealkylation sites (tertiary alicyclic amines) is 1. The summed E-state index contributed by atoms with van der Waals surface area (Å²) in [4.78, 5) is 18.7. The van der Waals surface area contributed by atoms with Crippen molar-refractivity contribution in [2.75, 3.05) is 32.0 Å². The summed E-state index contributed by atoms with van der Waals surface area (Å²) in [6.45, 7) is 5.06. The Bertz CT molecular complexity index is 489. The van der Waals surface area contributed by atoms with E-state index in [0.29, 0.717) is 29.1 Å². The van der Waals surface area contributed by atoms with Gasteiger partial charge in [0.05, 0.1) is 0 Å². The molecule has 1 fully saturated rings. The van der Waals surface area contributed by atoms with Crippen molar-refractivity contribution in [2.24, 2.45) is 0 Å². The summed E-state index contributed by atoms with van der Waals surface area (Å²) in [5.41, 5.74) is 0.533.